The van der Waals surface area contributed by atoms with E-state index in [-0.39, 0.29) is 6.42 Å². The zero-order valence-corrected chi connectivity index (χ0v) is 12.3. The molecule has 1 aliphatic heterocycles. The summed E-state index contributed by atoms with van der Waals surface area (Å²) in [6, 6.07) is 0. The van der Waals surface area contributed by atoms with Crippen molar-refractivity contribution in [2.75, 3.05) is 0 Å². The van der Waals surface area contributed by atoms with E-state index < -0.39 is 41.8 Å². The van der Waals surface area contributed by atoms with Gasteiger partial charge in [-0.3, -0.25) is 23.9 Å². The number of rotatable bonds is 3. The van der Waals surface area contributed by atoms with Crippen molar-refractivity contribution in [2.24, 2.45) is 0 Å². The highest BCUT2D eigenvalue weighted by Crippen LogP contribution is 2.31. The Morgan fingerprint density at radius 3 is 2.50 bits per heavy atom. The van der Waals surface area contributed by atoms with Crippen molar-refractivity contribution < 1.29 is 23.8 Å². The lowest BCUT2D eigenvalue weighted by Gasteiger charge is -2.20. The van der Waals surface area contributed by atoms with E-state index in [9.17, 15) is 19.2 Å². The van der Waals surface area contributed by atoms with E-state index in [1.807, 2.05) is 0 Å². The van der Waals surface area contributed by atoms with Crippen LogP contribution in [-0.2, 0) is 23.8 Å². The van der Waals surface area contributed by atoms with Gasteiger partial charge in [0.25, 0.3) is 5.56 Å². The SMILES string of the molecule is CC(=O)OC1CC(OC(C)=O)C(n2cc(C)c(=O)[nH]c2=O)O1. The van der Waals surface area contributed by atoms with Crippen LogP contribution in [-0.4, -0.2) is 33.9 Å². The van der Waals surface area contributed by atoms with Crippen LogP contribution in [0.25, 0.3) is 0 Å². The molecular formula is C13H16N2O7. The Morgan fingerprint density at radius 2 is 1.91 bits per heavy atom. The van der Waals surface area contributed by atoms with Crippen LogP contribution >= 0.6 is 0 Å². The average molecular weight is 312 g/mol. The van der Waals surface area contributed by atoms with Crippen molar-refractivity contribution >= 4 is 11.9 Å². The molecule has 1 saturated heterocycles. The second kappa shape index (κ2) is 6.14. The maximum absolute atomic E-state index is 11.9. The zero-order chi connectivity index (χ0) is 16.4. The number of carbonyl (C=O) groups excluding carboxylic acids is 2. The fourth-order valence-electron chi connectivity index (χ4n) is 2.21. The first-order valence-electron chi connectivity index (χ1n) is 6.60. The fraction of sp³-hybridized carbons (Fsp3) is 0.538. The van der Waals surface area contributed by atoms with Crippen molar-refractivity contribution in [3.05, 3.63) is 32.6 Å². The van der Waals surface area contributed by atoms with Crippen LogP contribution in [0.5, 0.6) is 0 Å². The zero-order valence-electron chi connectivity index (χ0n) is 12.3. The summed E-state index contributed by atoms with van der Waals surface area (Å²) in [5.41, 5.74) is -0.929. The number of carbonyl (C=O) groups is 2. The summed E-state index contributed by atoms with van der Waals surface area (Å²) >= 11 is 0. The molecule has 0 radical (unpaired) electrons. The predicted molar refractivity (Wildman–Crippen MR) is 71.9 cm³/mol. The van der Waals surface area contributed by atoms with Gasteiger partial charge < -0.3 is 14.2 Å². The number of nitrogens with zero attached hydrogens (tertiary/aromatic N) is 1. The van der Waals surface area contributed by atoms with Gasteiger partial charge in [0.15, 0.2) is 12.3 Å². The molecule has 9 heteroatoms. The number of hydrogen-bond donors (Lipinski definition) is 1. The van der Waals surface area contributed by atoms with Crippen molar-refractivity contribution in [1.29, 1.82) is 0 Å². The highest BCUT2D eigenvalue weighted by molar-refractivity contribution is 5.66. The van der Waals surface area contributed by atoms with Crippen molar-refractivity contribution in [3.63, 3.8) is 0 Å². The molecule has 2 rings (SSSR count). The highest BCUT2D eigenvalue weighted by Gasteiger charge is 2.41. The molecule has 120 valence electrons. The largest absolute Gasteiger partial charge is 0.457 e. The summed E-state index contributed by atoms with van der Waals surface area (Å²) < 4.78 is 16.6. The molecule has 1 fully saturated rings. The minimum absolute atomic E-state index is 0.0917. The number of ether oxygens (including phenoxy) is 3. The van der Waals surface area contributed by atoms with E-state index in [1.54, 1.807) is 0 Å². The first-order chi connectivity index (χ1) is 10.3. The van der Waals surface area contributed by atoms with Gasteiger partial charge in [0.1, 0.15) is 0 Å². The molecule has 1 aromatic rings. The predicted octanol–water partition coefficient (Wildman–Crippen LogP) is -0.415. The lowest BCUT2D eigenvalue weighted by Crippen LogP contribution is -2.37. The minimum Gasteiger partial charge on any atom is -0.457 e. The van der Waals surface area contributed by atoms with E-state index in [2.05, 4.69) is 4.98 Å². The summed E-state index contributed by atoms with van der Waals surface area (Å²) in [6.45, 7) is 3.96. The summed E-state index contributed by atoms with van der Waals surface area (Å²) in [5, 5.41) is 0. The van der Waals surface area contributed by atoms with E-state index in [4.69, 9.17) is 14.2 Å². The first kappa shape index (κ1) is 16.0. The lowest BCUT2D eigenvalue weighted by atomic mass is 10.2. The van der Waals surface area contributed by atoms with Gasteiger partial charge in [0, 0.05) is 25.6 Å². The van der Waals surface area contributed by atoms with Gasteiger partial charge in [-0.15, -0.1) is 0 Å². The number of H-pyrrole nitrogens is 1. The van der Waals surface area contributed by atoms with Crippen LogP contribution in [0.1, 0.15) is 32.1 Å². The molecule has 9 nitrogen and oxygen atoms in total. The second-order valence-corrected chi connectivity index (χ2v) is 4.93. The van der Waals surface area contributed by atoms with Crippen molar-refractivity contribution in [3.8, 4) is 0 Å². The molecule has 22 heavy (non-hydrogen) atoms. The summed E-state index contributed by atoms with van der Waals surface area (Å²) in [7, 11) is 0. The Balaban J connectivity index is 2.35. The quantitative estimate of drug-likeness (QED) is 0.754. The average Bonchev–Trinajstić information content (AvgIpc) is 2.74. The van der Waals surface area contributed by atoms with Crippen LogP contribution in [0.15, 0.2) is 15.8 Å². The third-order valence-electron chi connectivity index (χ3n) is 3.07. The van der Waals surface area contributed by atoms with Crippen LogP contribution < -0.4 is 11.2 Å². The van der Waals surface area contributed by atoms with E-state index in [0.717, 1.165) is 4.57 Å². The van der Waals surface area contributed by atoms with E-state index in [1.165, 1.54) is 27.0 Å². The summed E-state index contributed by atoms with van der Waals surface area (Å²) in [6.07, 6.45) is -1.35. The number of aromatic nitrogens is 2. The molecule has 0 saturated carbocycles. The van der Waals surface area contributed by atoms with Gasteiger partial charge in [0.2, 0.25) is 6.29 Å². The van der Waals surface area contributed by atoms with Gasteiger partial charge in [-0.25, -0.2) is 4.79 Å². The molecule has 0 amide bonds. The second-order valence-electron chi connectivity index (χ2n) is 4.93. The minimum atomic E-state index is -0.990. The molecular weight excluding hydrogens is 296 g/mol. The fourth-order valence-corrected chi connectivity index (χ4v) is 2.21. The van der Waals surface area contributed by atoms with Crippen molar-refractivity contribution in [1.82, 2.24) is 9.55 Å². The molecule has 1 aliphatic rings. The Morgan fingerprint density at radius 1 is 1.27 bits per heavy atom. The normalized spacial score (nSPS) is 24.0. The third-order valence-corrected chi connectivity index (χ3v) is 3.07. The molecule has 3 unspecified atom stereocenters. The molecule has 0 bridgehead atoms. The van der Waals surface area contributed by atoms with Gasteiger partial charge >= 0.3 is 17.6 Å². The molecule has 0 aromatic carbocycles. The Bertz CT molecular complexity index is 705. The Hall–Kier alpha value is -2.42. The highest BCUT2D eigenvalue weighted by atomic mass is 16.7. The molecule has 0 aliphatic carbocycles. The molecule has 1 N–H and O–H groups in total. The molecule has 1 aromatic heterocycles. The van der Waals surface area contributed by atoms with Crippen molar-refractivity contribution in [2.45, 2.75) is 45.8 Å². The van der Waals surface area contributed by atoms with E-state index in [0.29, 0.717) is 5.56 Å². The summed E-state index contributed by atoms with van der Waals surface area (Å²) in [4.78, 5) is 47.7. The third kappa shape index (κ3) is 3.42. The van der Waals surface area contributed by atoms with Gasteiger partial charge in [-0.2, -0.15) is 0 Å². The monoisotopic (exact) mass is 312 g/mol. The van der Waals surface area contributed by atoms with Crippen LogP contribution in [0, 0.1) is 6.92 Å². The van der Waals surface area contributed by atoms with Gasteiger partial charge in [-0.05, 0) is 6.92 Å². The molecule has 0 spiro atoms. The lowest BCUT2D eigenvalue weighted by molar-refractivity contribution is -0.181. The number of aryl methyl sites for hydroxylation is 1. The van der Waals surface area contributed by atoms with Crippen LogP contribution in [0.2, 0.25) is 0 Å². The van der Waals surface area contributed by atoms with Gasteiger partial charge in [0.05, 0.1) is 6.42 Å². The van der Waals surface area contributed by atoms with E-state index >= 15 is 0 Å². The Kier molecular flexibility index (Phi) is 4.45. The van der Waals surface area contributed by atoms with Crippen LogP contribution in [0.4, 0.5) is 0 Å². The smallest absolute Gasteiger partial charge is 0.330 e. The molecule has 2 heterocycles. The number of aromatic amines is 1. The summed E-state index contributed by atoms with van der Waals surface area (Å²) in [5.74, 6) is -1.12. The Labute approximate surface area is 124 Å². The van der Waals surface area contributed by atoms with Gasteiger partial charge in [-0.1, -0.05) is 0 Å². The maximum atomic E-state index is 11.9. The molecule has 3 atom stereocenters. The number of nitrogens with one attached hydrogen (secondary N) is 1. The first-order valence-corrected chi connectivity index (χ1v) is 6.60. The van der Waals surface area contributed by atoms with Crippen LogP contribution in [0.3, 0.4) is 0 Å². The number of hydrogen-bond acceptors (Lipinski definition) is 7. The standard InChI is InChI=1S/C13H16N2O7/c1-6-5-15(13(19)14-11(6)18)12-9(20-7(2)16)4-10(22-12)21-8(3)17/h5,9-10,12H,4H2,1-3H3,(H,14,18,19). The topological polar surface area (TPSA) is 117 Å². The maximum Gasteiger partial charge on any atom is 0.330 e. The number of esters is 2.